The summed E-state index contributed by atoms with van der Waals surface area (Å²) in [5.41, 5.74) is 3.43. The summed E-state index contributed by atoms with van der Waals surface area (Å²) < 4.78 is 16.3. The highest BCUT2D eigenvalue weighted by atomic mass is 35.5. The molecule has 0 aliphatic carbocycles. The lowest BCUT2D eigenvalue weighted by atomic mass is 9.97. The summed E-state index contributed by atoms with van der Waals surface area (Å²) in [6, 6.07) is 14.1. The van der Waals surface area contributed by atoms with E-state index >= 15 is 0 Å². The lowest BCUT2D eigenvalue weighted by Gasteiger charge is -2.28. The molecule has 0 radical (unpaired) electrons. The minimum Gasteiger partial charge on any atom is -0.493 e. The first-order valence-corrected chi connectivity index (χ1v) is 9.16. The Labute approximate surface area is 170 Å². The fraction of sp³-hybridized carbons (Fsp3) is 0.318. The van der Waals surface area contributed by atoms with Crippen LogP contribution in [0.1, 0.15) is 16.7 Å². The number of methoxy groups -OCH3 is 2. The summed E-state index contributed by atoms with van der Waals surface area (Å²) in [4.78, 5) is 14.9. The molecule has 0 spiro atoms. The van der Waals surface area contributed by atoms with Gasteiger partial charge < -0.3 is 13.9 Å². The van der Waals surface area contributed by atoms with E-state index in [0.29, 0.717) is 23.6 Å². The minimum absolute atomic E-state index is 0. The van der Waals surface area contributed by atoms with Gasteiger partial charge in [-0.2, -0.15) is 0 Å². The van der Waals surface area contributed by atoms with Gasteiger partial charge in [-0.05, 0) is 30.0 Å². The van der Waals surface area contributed by atoms with Crippen molar-refractivity contribution >= 4 is 23.4 Å². The van der Waals surface area contributed by atoms with Crippen molar-refractivity contribution in [1.82, 2.24) is 4.90 Å². The summed E-state index contributed by atoms with van der Waals surface area (Å²) in [6.45, 7) is 2.47. The topological polar surface area (TPSA) is 51.9 Å². The molecule has 0 unspecified atom stereocenters. The molecule has 0 atom stereocenters. The predicted molar refractivity (Wildman–Crippen MR) is 112 cm³/mol. The van der Waals surface area contributed by atoms with E-state index in [1.54, 1.807) is 20.3 Å². The van der Waals surface area contributed by atoms with E-state index in [9.17, 15) is 4.79 Å². The fourth-order valence-corrected chi connectivity index (χ4v) is 3.77. The van der Waals surface area contributed by atoms with Crippen LogP contribution in [-0.2, 0) is 19.4 Å². The maximum atomic E-state index is 12.6. The highest BCUT2D eigenvalue weighted by molar-refractivity contribution is 5.85. The Hall–Kier alpha value is -2.50. The Balaban J connectivity index is 0.00000225. The van der Waals surface area contributed by atoms with Crippen molar-refractivity contribution in [3.63, 3.8) is 0 Å². The van der Waals surface area contributed by atoms with Gasteiger partial charge in [0.05, 0.1) is 19.8 Å². The lowest BCUT2D eigenvalue weighted by Crippen LogP contribution is -2.35. The molecule has 0 bridgehead atoms. The summed E-state index contributed by atoms with van der Waals surface area (Å²) in [6.07, 6.45) is 1.79. The van der Waals surface area contributed by atoms with Crippen LogP contribution in [0.15, 0.2) is 51.7 Å². The first-order chi connectivity index (χ1) is 13.2. The summed E-state index contributed by atoms with van der Waals surface area (Å²) in [5, 5.41) is 0.935. The van der Waals surface area contributed by atoms with E-state index in [0.717, 1.165) is 42.4 Å². The zero-order chi connectivity index (χ0) is 18.8. The molecule has 4 rings (SSSR count). The molecule has 0 fully saturated rings. The zero-order valence-electron chi connectivity index (χ0n) is 16.1. The molecule has 3 aromatic rings. The molecule has 148 valence electrons. The average Bonchev–Trinajstić information content (AvgIpc) is 2.72. The molecule has 0 saturated carbocycles. The number of ether oxygens (including phenoxy) is 2. The molecule has 1 aromatic heterocycles. The molecule has 0 amide bonds. The quantitative estimate of drug-likeness (QED) is 0.608. The molecule has 2 aromatic carbocycles. The molecule has 0 N–H and O–H groups in total. The van der Waals surface area contributed by atoms with Crippen molar-refractivity contribution in [1.29, 1.82) is 0 Å². The summed E-state index contributed by atoms with van der Waals surface area (Å²) >= 11 is 0. The largest absolute Gasteiger partial charge is 0.493 e. The maximum absolute atomic E-state index is 12.6. The smallest absolute Gasteiger partial charge is 0.341 e. The van der Waals surface area contributed by atoms with Crippen molar-refractivity contribution in [2.75, 3.05) is 27.3 Å². The molecule has 2 heterocycles. The Morgan fingerprint density at radius 1 is 1.04 bits per heavy atom. The summed E-state index contributed by atoms with van der Waals surface area (Å²) in [5.74, 6) is 1.21. The molecule has 6 heteroatoms. The first kappa shape index (κ1) is 20.2. The Kier molecular flexibility index (Phi) is 6.27. The van der Waals surface area contributed by atoms with Crippen molar-refractivity contribution in [3.05, 3.63) is 69.6 Å². The van der Waals surface area contributed by atoms with Crippen LogP contribution < -0.4 is 15.1 Å². The van der Waals surface area contributed by atoms with Crippen molar-refractivity contribution < 1.29 is 13.9 Å². The van der Waals surface area contributed by atoms with Gasteiger partial charge in [0.1, 0.15) is 5.58 Å². The van der Waals surface area contributed by atoms with Crippen LogP contribution in [0.5, 0.6) is 11.5 Å². The van der Waals surface area contributed by atoms with Crippen molar-refractivity contribution in [2.24, 2.45) is 0 Å². The van der Waals surface area contributed by atoms with Gasteiger partial charge in [-0.1, -0.05) is 30.3 Å². The van der Waals surface area contributed by atoms with E-state index in [2.05, 4.69) is 29.2 Å². The van der Waals surface area contributed by atoms with E-state index in [1.807, 2.05) is 12.1 Å². The van der Waals surface area contributed by atoms with Crippen LogP contribution in [0.3, 0.4) is 0 Å². The number of benzene rings is 2. The maximum Gasteiger partial charge on any atom is 0.341 e. The number of fused-ring (bicyclic) bond motifs is 3. The lowest BCUT2D eigenvalue weighted by molar-refractivity contribution is 0.253. The average molecular weight is 402 g/mol. The molecule has 0 saturated heterocycles. The molecular formula is C22H24ClNO4. The Bertz CT molecular complexity index is 1020. The molecule has 1 aliphatic heterocycles. The van der Waals surface area contributed by atoms with Crippen LogP contribution in [0.25, 0.3) is 11.0 Å². The third kappa shape index (κ3) is 3.86. The van der Waals surface area contributed by atoms with Crippen LogP contribution in [0.4, 0.5) is 0 Å². The van der Waals surface area contributed by atoms with Gasteiger partial charge >= 0.3 is 5.63 Å². The van der Waals surface area contributed by atoms with E-state index in [1.165, 1.54) is 5.56 Å². The second-order valence-corrected chi connectivity index (χ2v) is 6.81. The van der Waals surface area contributed by atoms with E-state index in [4.69, 9.17) is 13.9 Å². The zero-order valence-corrected chi connectivity index (χ0v) is 16.9. The Morgan fingerprint density at radius 3 is 2.46 bits per heavy atom. The second-order valence-electron chi connectivity index (χ2n) is 6.81. The van der Waals surface area contributed by atoms with Gasteiger partial charge in [0, 0.05) is 31.1 Å². The number of rotatable bonds is 5. The monoisotopic (exact) mass is 401 g/mol. The third-order valence-electron chi connectivity index (χ3n) is 5.24. The highest BCUT2D eigenvalue weighted by Crippen LogP contribution is 2.35. The van der Waals surface area contributed by atoms with Gasteiger partial charge in [-0.3, -0.25) is 4.90 Å². The van der Waals surface area contributed by atoms with E-state index < -0.39 is 0 Å². The normalized spacial score (nSPS) is 13.6. The standard InChI is InChI=1S/C22H23NO4.ClH/c1-25-20-12-17-16-9-11-23(10-8-15-6-4-3-5-7-15)14-18(16)22(24)27-19(17)13-21(20)26-2;/h3-7,12-13H,8-11,14H2,1-2H3;1H. The van der Waals surface area contributed by atoms with Crippen LogP contribution in [0, 0.1) is 0 Å². The van der Waals surface area contributed by atoms with Gasteiger partial charge in [-0.25, -0.2) is 4.79 Å². The van der Waals surface area contributed by atoms with Gasteiger partial charge in [0.25, 0.3) is 0 Å². The number of hydrogen-bond donors (Lipinski definition) is 0. The SMILES string of the molecule is COc1cc2oc(=O)c3c(c2cc1OC)CCN(CCc1ccccc1)C3.Cl. The summed E-state index contributed by atoms with van der Waals surface area (Å²) in [7, 11) is 3.19. The predicted octanol–water partition coefficient (Wildman–Crippen LogP) is 3.83. The van der Waals surface area contributed by atoms with Crippen LogP contribution in [0.2, 0.25) is 0 Å². The minimum atomic E-state index is -0.255. The number of hydrogen-bond acceptors (Lipinski definition) is 5. The van der Waals surface area contributed by atoms with Crippen molar-refractivity contribution in [2.45, 2.75) is 19.4 Å². The molecular weight excluding hydrogens is 378 g/mol. The third-order valence-corrected chi connectivity index (χ3v) is 5.24. The molecule has 5 nitrogen and oxygen atoms in total. The van der Waals surface area contributed by atoms with Gasteiger partial charge in [0.2, 0.25) is 0 Å². The number of halogens is 1. The number of nitrogens with zero attached hydrogens (tertiary/aromatic N) is 1. The Morgan fingerprint density at radius 2 is 1.75 bits per heavy atom. The van der Waals surface area contributed by atoms with Gasteiger partial charge in [-0.15, -0.1) is 12.4 Å². The second kappa shape index (κ2) is 8.67. The van der Waals surface area contributed by atoms with E-state index in [-0.39, 0.29) is 18.0 Å². The van der Waals surface area contributed by atoms with Gasteiger partial charge in [0.15, 0.2) is 11.5 Å². The first-order valence-electron chi connectivity index (χ1n) is 9.16. The molecule has 28 heavy (non-hydrogen) atoms. The highest BCUT2D eigenvalue weighted by Gasteiger charge is 2.23. The molecule has 1 aliphatic rings. The fourth-order valence-electron chi connectivity index (χ4n) is 3.77. The van der Waals surface area contributed by atoms with Crippen molar-refractivity contribution in [3.8, 4) is 11.5 Å². The van der Waals surface area contributed by atoms with Crippen LogP contribution in [-0.4, -0.2) is 32.2 Å². The van der Waals surface area contributed by atoms with Crippen LogP contribution >= 0.6 is 12.4 Å².